The van der Waals surface area contributed by atoms with Crippen molar-refractivity contribution in [2.24, 2.45) is 4.99 Å². The highest BCUT2D eigenvalue weighted by molar-refractivity contribution is 5.98. The van der Waals surface area contributed by atoms with Gasteiger partial charge in [0.2, 0.25) is 11.9 Å². The number of carbonyl (C=O) groups is 4. The van der Waals surface area contributed by atoms with Crippen LogP contribution in [0.3, 0.4) is 0 Å². The lowest BCUT2D eigenvalue weighted by Gasteiger charge is -2.35. The first-order valence-electron chi connectivity index (χ1n) is 16.0. The number of carbonyl (C=O) groups excluding carboxylic acids is 4. The van der Waals surface area contributed by atoms with E-state index < -0.39 is 41.9 Å². The molecule has 49 heavy (non-hydrogen) atoms. The van der Waals surface area contributed by atoms with Crippen molar-refractivity contribution in [3.05, 3.63) is 108 Å². The zero-order chi connectivity index (χ0) is 35.2. The third-order valence-electron chi connectivity index (χ3n) is 7.38. The van der Waals surface area contributed by atoms with Crippen LogP contribution in [0.1, 0.15) is 56.4 Å². The number of nitrogens with zero attached hydrogens (tertiary/aromatic N) is 2. The molecule has 0 aromatic heterocycles. The Morgan fingerprint density at radius 1 is 0.816 bits per heavy atom. The number of aliphatic imine (C=N–C) groups is 1. The van der Waals surface area contributed by atoms with Gasteiger partial charge in [-0.2, -0.15) is 0 Å². The van der Waals surface area contributed by atoms with E-state index in [9.17, 15) is 24.3 Å². The second-order valence-corrected chi connectivity index (χ2v) is 12.4. The maximum absolute atomic E-state index is 13.5. The van der Waals surface area contributed by atoms with E-state index in [4.69, 9.17) is 14.2 Å². The van der Waals surface area contributed by atoms with Gasteiger partial charge in [-0.25, -0.2) is 14.4 Å². The van der Waals surface area contributed by atoms with Gasteiger partial charge in [-0.3, -0.25) is 10.1 Å². The van der Waals surface area contributed by atoms with E-state index >= 15 is 0 Å². The molecule has 4 N–H and O–H groups in total. The molecule has 4 amide bonds. The van der Waals surface area contributed by atoms with Crippen molar-refractivity contribution >= 4 is 30.1 Å². The summed E-state index contributed by atoms with van der Waals surface area (Å²) >= 11 is 0. The molecule has 4 rings (SSSR count). The summed E-state index contributed by atoms with van der Waals surface area (Å²) < 4.78 is 16.0. The van der Waals surface area contributed by atoms with Crippen LogP contribution in [0.25, 0.3) is 0 Å². The van der Waals surface area contributed by atoms with Crippen LogP contribution < -0.4 is 16.0 Å². The summed E-state index contributed by atoms with van der Waals surface area (Å²) in [5, 5.41) is 19.1. The molecule has 1 saturated heterocycles. The second kappa shape index (κ2) is 17.6. The molecule has 1 aliphatic rings. The number of hydrogen-bond donors (Lipinski definition) is 4. The fraction of sp³-hybridized carbons (Fsp3) is 0.361. The molecule has 260 valence electrons. The number of aliphatic hydroxyl groups is 1. The maximum Gasteiger partial charge on any atom is 0.437 e. The van der Waals surface area contributed by atoms with Gasteiger partial charge in [0.1, 0.15) is 31.0 Å². The molecule has 13 heteroatoms. The predicted octanol–water partition coefficient (Wildman–Crippen LogP) is 4.81. The number of nitrogens with one attached hydrogen (secondary N) is 3. The first kappa shape index (κ1) is 36.4. The van der Waals surface area contributed by atoms with Gasteiger partial charge >= 0.3 is 18.3 Å². The summed E-state index contributed by atoms with van der Waals surface area (Å²) in [6, 6.07) is 25.1. The van der Waals surface area contributed by atoms with Crippen LogP contribution in [0, 0.1) is 0 Å². The van der Waals surface area contributed by atoms with Gasteiger partial charge in [-0.1, -0.05) is 91.0 Å². The number of rotatable bonds is 9. The maximum atomic E-state index is 13.5. The number of guanidine groups is 1. The summed E-state index contributed by atoms with van der Waals surface area (Å²) in [4.78, 5) is 57.3. The number of amides is 4. The number of alkyl carbamates (subject to hydrolysis) is 2. The standard InChI is InChI=1S/C36H43N5O8/c1-36(2,3)49-35(46)38-29(30(42)27-17-11-6-12-18-27)31(43)37-28-19-21-41(22-20-28)32(39-33(44)47-23-25-13-7-4-8-14-25)40-34(45)48-24-26-15-9-5-10-16-26/h4-18,28-30,42H,19-24H2,1-3H3,(H,37,43)(H,38,46)(H,39,40,44,45). The van der Waals surface area contributed by atoms with Crippen molar-refractivity contribution in [3.8, 4) is 0 Å². The largest absolute Gasteiger partial charge is 0.444 e. The van der Waals surface area contributed by atoms with Gasteiger partial charge in [0.05, 0.1) is 0 Å². The van der Waals surface area contributed by atoms with Gasteiger partial charge in [-0.05, 0) is 50.3 Å². The molecule has 0 aliphatic carbocycles. The average molecular weight is 674 g/mol. The first-order chi connectivity index (χ1) is 23.5. The van der Waals surface area contributed by atoms with Crippen molar-refractivity contribution < 1.29 is 38.5 Å². The molecule has 2 atom stereocenters. The Kier molecular flexibility index (Phi) is 13.1. The number of aliphatic hydroxyl groups excluding tert-OH is 1. The van der Waals surface area contributed by atoms with Crippen LogP contribution in [-0.4, -0.2) is 70.9 Å². The van der Waals surface area contributed by atoms with E-state index in [0.29, 0.717) is 31.5 Å². The number of hydrogen-bond acceptors (Lipinski definition) is 8. The molecule has 3 aromatic rings. The van der Waals surface area contributed by atoms with Gasteiger partial charge < -0.3 is 34.9 Å². The molecular weight excluding hydrogens is 630 g/mol. The van der Waals surface area contributed by atoms with E-state index in [-0.39, 0.29) is 25.2 Å². The molecule has 0 bridgehead atoms. The lowest BCUT2D eigenvalue weighted by Crippen LogP contribution is -2.56. The number of piperidine rings is 1. The van der Waals surface area contributed by atoms with Crippen LogP contribution in [-0.2, 0) is 32.2 Å². The molecular formula is C36H43N5O8. The zero-order valence-electron chi connectivity index (χ0n) is 27.8. The Bertz CT molecular complexity index is 1560. The summed E-state index contributed by atoms with van der Waals surface area (Å²) in [5.41, 5.74) is 1.19. The van der Waals surface area contributed by atoms with Gasteiger partial charge in [-0.15, -0.1) is 4.99 Å². The molecule has 1 heterocycles. The second-order valence-electron chi connectivity index (χ2n) is 12.4. The fourth-order valence-corrected chi connectivity index (χ4v) is 4.96. The lowest BCUT2D eigenvalue weighted by atomic mass is 10.00. The van der Waals surface area contributed by atoms with Crippen molar-refractivity contribution in [3.63, 3.8) is 0 Å². The first-order valence-corrected chi connectivity index (χ1v) is 16.0. The van der Waals surface area contributed by atoms with Crippen molar-refractivity contribution in [1.29, 1.82) is 0 Å². The minimum Gasteiger partial charge on any atom is -0.444 e. The predicted molar refractivity (Wildman–Crippen MR) is 181 cm³/mol. The summed E-state index contributed by atoms with van der Waals surface area (Å²) in [6.07, 6.45) is -3.11. The van der Waals surface area contributed by atoms with Crippen LogP contribution in [0.4, 0.5) is 14.4 Å². The third kappa shape index (κ3) is 12.3. The molecule has 2 unspecified atom stereocenters. The Morgan fingerprint density at radius 3 is 1.90 bits per heavy atom. The van der Waals surface area contributed by atoms with Crippen molar-refractivity contribution in [2.45, 2.75) is 70.6 Å². The van der Waals surface area contributed by atoms with Crippen LogP contribution in [0.15, 0.2) is 96.0 Å². The highest BCUT2D eigenvalue weighted by Gasteiger charge is 2.34. The van der Waals surface area contributed by atoms with Crippen LogP contribution >= 0.6 is 0 Å². The van der Waals surface area contributed by atoms with E-state index in [1.807, 2.05) is 60.7 Å². The molecule has 1 fully saturated rings. The molecule has 0 radical (unpaired) electrons. The molecule has 13 nitrogen and oxygen atoms in total. The zero-order valence-corrected chi connectivity index (χ0v) is 27.8. The van der Waals surface area contributed by atoms with Crippen molar-refractivity contribution in [1.82, 2.24) is 20.9 Å². The van der Waals surface area contributed by atoms with E-state index in [2.05, 4.69) is 20.9 Å². The third-order valence-corrected chi connectivity index (χ3v) is 7.38. The van der Waals surface area contributed by atoms with Crippen LogP contribution in [0.2, 0.25) is 0 Å². The normalized spacial score (nSPS) is 14.9. The fourth-order valence-electron chi connectivity index (χ4n) is 4.96. The monoisotopic (exact) mass is 673 g/mol. The molecule has 0 spiro atoms. The molecule has 1 aliphatic heterocycles. The SMILES string of the molecule is CC(C)(C)OC(=O)NC(C(=O)NC1CCN(C(=NC(=O)OCc2ccccc2)NC(=O)OCc2ccccc2)CC1)C(O)c1ccccc1. The van der Waals surface area contributed by atoms with Crippen LogP contribution in [0.5, 0.6) is 0 Å². The number of likely N-dealkylation sites (tertiary alicyclic amines) is 1. The quantitative estimate of drug-likeness (QED) is 0.142. The minimum atomic E-state index is -1.35. The molecule has 3 aromatic carbocycles. The van der Waals surface area contributed by atoms with Gasteiger partial charge in [0, 0.05) is 19.1 Å². The Labute approximate surface area is 285 Å². The van der Waals surface area contributed by atoms with E-state index in [1.54, 1.807) is 56.0 Å². The minimum absolute atomic E-state index is 0.00363. The Morgan fingerprint density at radius 2 is 1.35 bits per heavy atom. The molecule has 0 saturated carbocycles. The van der Waals surface area contributed by atoms with Gasteiger partial charge in [0.25, 0.3) is 0 Å². The highest BCUT2D eigenvalue weighted by Crippen LogP contribution is 2.19. The average Bonchev–Trinajstić information content (AvgIpc) is 3.09. The Balaban J connectivity index is 1.40. The van der Waals surface area contributed by atoms with Gasteiger partial charge in [0.15, 0.2) is 0 Å². The summed E-state index contributed by atoms with van der Waals surface area (Å²) in [6.45, 7) is 5.68. The smallest absolute Gasteiger partial charge is 0.437 e. The van der Waals surface area contributed by atoms with E-state index in [0.717, 1.165) is 11.1 Å². The van der Waals surface area contributed by atoms with Crippen molar-refractivity contribution in [2.75, 3.05) is 13.1 Å². The summed E-state index contributed by atoms with van der Waals surface area (Å²) in [7, 11) is 0. The number of ether oxygens (including phenoxy) is 3. The highest BCUT2D eigenvalue weighted by atomic mass is 16.6. The van der Waals surface area contributed by atoms with E-state index in [1.165, 1.54) is 0 Å². The Hall–Kier alpha value is -5.43. The summed E-state index contributed by atoms with van der Waals surface area (Å²) in [5.74, 6) is -0.647. The lowest BCUT2D eigenvalue weighted by molar-refractivity contribution is -0.127. The number of benzene rings is 3. The topological polar surface area (TPSA) is 168 Å².